The van der Waals surface area contributed by atoms with Crippen LogP contribution in [0.3, 0.4) is 0 Å². The molecule has 1 atom stereocenters. The molecule has 1 unspecified atom stereocenters. The molecule has 3 rings (SSSR count). The molecule has 0 bridgehead atoms. The number of likely N-dealkylation sites (tertiary alicyclic amines) is 1. The minimum atomic E-state index is -0.412. The second kappa shape index (κ2) is 8.30. The predicted octanol–water partition coefficient (Wildman–Crippen LogP) is 1.02. The topological polar surface area (TPSA) is 149 Å². The molecule has 1 aromatic heterocycles. The van der Waals surface area contributed by atoms with Crippen molar-refractivity contribution in [2.75, 3.05) is 29.9 Å². The molecule has 0 saturated carbocycles. The summed E-state index contributed by atoms with van der Waals surface area (Å²) in [5.41, 5.74) is 11.7. The van der Waals surface area contributed by atoms with Crippen molar-refractivity contribution in [3.05, 3.63) is 36.2 Å². The van der Waals surface area contributed by atoms with E-state index in [2.05, 4.69) is 20.3 Å². The second-order valence-corrected chi connectivity index (χ2v) is 6.16. The molecule has 27 heavy (non-hydrogen) atoms. The van der Waals surface area contributed by atoms with Crippen molar-refractivity contribution in [3.8, 4) is 0 Å². The number of hydrogen-bond donors (Lipinski definition) is 3. The Balaban J connectivity index is 1.53. The minimum Gasteiger partial charge on any atom is -0.457 e. The van der Waals surface area contributed by atoms with Crippen LogP contribution in [0, 0.1) is 5.92 Å². The van der Waals surface area contributed by atoms with Crippen molar-refractivity contribution in [2.24, 2.45) is 5.92 Å². The Labute approximate surface area is 155 Å². The van der Waals surface area contributed by atoms with Gasteiger partial charge in [0.05, 0.1) is 5.92 Å². The first-order chi connectivity index (χ1) is 13.0. The van der Waals surface area contributed by atoms with Gasteiger partial charge in [-0.3, -0.25) is 4.79 Å². The van der Waals surface area contributed by atoms with Crippen molar-refractivity contribution >= 4 is 29.6 Å². The number of amides is 2. The van der Waals surface area contributed by atoms with E-state index in [-0.39, 0.29) is 30.4 Å². The van der Waals surface area contributed by atoms with E-state index in [1.807, 2.05) is 18.2 Å². The number of nitrogens with two attached hydrogens (primary N) is 2. The number of carbonyl (C=O) groups is 2. The fraction of sp³-hybridized carbons (Fsp3) is 0.353. The van der Waals surface area contributed by atoms with Crippen LogP contribution in [0.15, 0.2) is 30.3 Å². The molecule has 1 aliphatic rings. The van der Waals surface area contributed by atoms with Crippen molar-refractivity contribution in [2.45, 2.75) is 19.4 Å². The number of ether oxygens (including phenoxy) is 1. The smallest absolute Gasteiger partial charge is 0.321 e. The van der Waals surface area contributed by atoms with Gasteiger partial charge in [0, 0.05) is 18.8 Å². The number of nitrogen functional groups attached to an aromatic ring is 2. The molecule has 5 N–H and O–H groups in total. The highest BCUT2D eigenvalue weighted by Crippen LogP contribution is 2.19. The number of rotatable bonds is 4. The van der Waals surface area contributed by atoms with Crippen molar-refractivity contribution < 1.29 is 14.3 Å². The average molecular weight is 371 g/mol. The predicted molar refractivity (Wildman–Crippen MR) is 98.2 cm³/mol. The van der Waals surface area contributed by atoms with E-state index in [1.54, 1.807) is 17.0 Å². The molecule has 10 nitrogen and oxygen atoms in total. The minimum absolute atomic E-state index is 0.0324. The molecule has 10 heteroatoms. The standard InChI is InChI=1S/C17H21N7O3/c18-15-21-13(22-16(19)23-15)10-27-14(25)11-5-4-8-24(9-11)17(26)20-12-6-2-1-3-7-12/h1-3,6-7,11H,4-5,8-10H2,(H,20,26)(H4,18,19,21,22,23). The Morgan fingerprint density at radius 1 is 1.15 bits per heavy atom. The van der Waals surface area contributed by atoms with Gasteiger partial charge in [-0.05, 0) is 25.0 Å². The van der Waals surface area contributed by atoms with Crippen LogP contribution in [0.5, 0.6) is 0 Å². The molecule has 142 valence electrons. The number of anilines is 3. The Kier molecular flexibility index (Phi) is 5.64. The normalized spacial score (nSPS) is 16.6. The van der Waals surface area contributed by atoms with Crippen molar-refractivity contribution in [1.82, 2.24) is 19.9 Å². The Hall–Kier alpha value is -3.43. The molecule has 0 aliphatic carbocycles. The van der Waals surface area contributed by atoms with Gasteiger partial charge in [-0.2, -0.15) is 15.0 Å². The number of benzene rings is 1. The number of nitrogens with one attached hydrogen (secondary N) is 1. The van der Waals surface area contributed by atoms with Gasteiger partial charge >= 0.3 is 12.0 Å². The Bertz CT molecular complexity index is 795. The summed E-state index contributed by atoms with van der Waals surface area (Å²) in [6.07, 6.45) is 1.36. The largest absolute Gasteiger partial charge is 0.457 e. The highest BCUT2D eigenvalue weighted by Gasteiger charge is 2.29. The third-order valence-corrected chi connectivity index (χ3v) is 4.13. The first-order valence-corrected chi connectivity index (χ1v) is 8.55. The number of urea groups is 1. The van der Waals surface area contributed by atoms with Crippen LogP contribution in [0.1, 0.15) is 18.7 Å². The highest BCUT2D eigenvalue weighted by molar-refractivity contribution is 5.89. The lowest BCUT2D eigenvalue weighted by Gasteiger charge is -2.31. The zero-order valence-corrected chi connectivity index (χ0v) is 14.7. The van der Waals surface area contributed by atoms with Gasteiger partial charge in [0.15, 0.2) is 12.4 Å². The van der Waals surface area contributed by atoms with Crippen LogP contribution >= 0.6 is 0 Å². The molecule has 2 aromatic rings. The molecular weight excluding hydrogens is 350 g/mol. The van der Waals surface area contributed by atoms with Crippen molar-refractivity contribution in [1.29, 1.82) is 0 Å². The molecule has 0 radical (unpaired) electrons. The van der Waals surface area contributed by atoms with Crippen LogP contribution < -0.4 is 16.8 Å². The summed E-state index contributed by atoms with van der Waals surface area (Å²) >= 11 is 0. The Morgan fingerprint density at radius 3 is 2.56 bits per heavy atom. The monoisotopic (exact) mass is 371 g/mol. The maximum Gasteiger partial charge on any atom is 0.321 e. The molecular formula is C17H21N7O3. The summed E-state index contributed by atoms with van der Waals surface area (Å²) in [6, 6.07) is 8.92. The zero-order valence-electron chi connectivity index (χ0n) is 14.7. The van der Waals surface area contributed by atoms with Crippen LogP contribution in [-0.2, 0) is 16.1 Å². The fourth-order valence-electron chi connectivity index (χ4n) is 2.85. The third kappa shape index (κ3) is 5.03. The van der Waals surface area contributed by atoms with E-state index in [0.717, 1.165) is 0 Å². The third-order valence-electron chi connectivity index (χ3n) is 4.13. The summed E-state index contributed by atoms with van der Waals surface area (Å²) in [7, 11) is 0. The van der Waals surface area contributed by atoms with E-state index >= 15 is 0 Å². The summed E-state index contributed by atoms with van der Waals surface area (Å²) in [5, 5.41) is 2.82. The summed E-state index contributed by atoms with van der Waals surface area (Å²) < 4.78 is 5.26. The lowest BCUT2D eigenvalue weighted by Crippen LogP contribution is -2.44. The van der Waals surface area contributed by atoms with Gasteiger partial charge in [-0.1, -0.05) is 18.2 Å². The second-order valence-electron chi connectivity index (χ2n) is 6.16. The van der Waals surface area contributed by atoms with Gasteiger partial charge in [0.25, 0.3) is 0 Å². The Morgan fingerprint density at radius 2 is 1.85 bits per heavy atom. The number of hydrogen-bond acceptors (Lipinski definition) is 8. The lowest BCUT2D eigenvalue weighted by molar-refractivity contribution is -0.151. The number of carbonyl (C=O) groups excluding carboxylic acids is 2. The van der Waals surface area contributed by atoms with Gasteiger partial charge in [-0.25, -0.2) is 4.79 Å². The van der Waals surface area contributed by atoms with Crippen LogP contribution in [0.25, 0.3) is 0 Å². The van der Waals surface area contributed by atoms with Gasteiger partial charge in [-0.15, -0.1) is 0 Å². The van der Waals surface area contributed by atoms with Gasteiger partial charge < -0.3 is 26.4 Å². The number of esters is 1. The maximum atomic E-state index is 12.4. The molecule has 1 saturated heterocycles. The van der Waals surface area contributed by atoms with Crippen LogP contribution in [0.2, 0.25) is 0 Å². The first kappa shape index (κ1) is 18.4. The van der Waals surface area contributed by atoms with Crippen LogP contribution in [0.4, 0.5) is 22.4 Å². The quantitative estimate of drug-likeness (QED) is 0.674. The first-order valence-electron chi connectivity index (χ1n) is 8.55. The molecule has 2 amide bonds. The highest BCUT2D eigenvalue weighted by atomic mass is 16.5. The summed E-state index contributed by atoms with van der Waals surface area (Å²) in [6.45, 7) is 0.727. The molecule has 1 aliphatic heterocycles. The van der Waals surface area contributed by atoms with Gasteiger partial charge in [0.2, 0.25) is 11.9 Å². The molecule has 1 fully saturated rings. The zero-order chi connectivity index (χ0) is 19.2. The fourth-order valence-corrected chi connectivity index (χ4v) is 2.85. The molecule has 1 aromatic carbocycles. The number of nitrogens with zero attached hydrogens (tertiary/aromatic N) is 4. The summed E-state index contributed by atoms with van der Waals surface area (Å²) in [4.78, 5) is 37.8. The number of para-hydroxylation sites is 1. The average Bonchev–Trinajstić information content (AvgIpc) is 2.66. The molecule has 2 heterocycles. The van der Waals surface area contributed by atoms with E-state index in [1.165, 1.54) is 0 Å². The van der Waals surface area contributed by atoms with Gasteiger partial charge in [0.1, 0.15) is 0 Å². The van der Waals surface area contributed by atoms with E-state index < -0.39 is 11.9 Å². The number of aromatic nitrogens is 3. The van der Waals surface area contributed by atoms with E-state index in [9.17, 15) is 9.59 Å². The van der Waals surface area contributed by atoms with E-state index in [4.69, 9.17) is 16.2 Å². The number of piperidine rings is 1. The van der Waals surface area contributed by atoms with Crippen molar-refractivity contribution in [3.63, 3.8) is 0 Å². The SMILES string of the molecule is Nc1nc(N)nc(COC(=O)C2CCCN(C(=O)Nc3ccccc3)C2)n1. The maximum absolute atomic E-state index is 12.4. The van der Waals surface area contributed by atoms with E-state index in [0.29, 0.717) is 31.6 Å². The molecule has 0 spiro atoms. The summed E-state index contributed by atoms with van der Waals surface area (Å²) in [5.74, 6) is -0.700. The lowest BCUT2D eigenvalue weighted by atomic mass is 9.98. The van der Waals surface area contributed by atoms with Crippen LogP contribution in [-0.4, -0.2) is 44.9 Å².